The van der Waals surface area contributed by atoms with E-state index in [0.29, 0.717) is 28.4 Å². The van der Waals surface area contributed by atoms with Crippen LogP contribution in [0.15, 0.2) is 46.6 Å². The third-order valence-corrected chi connectivity index (χ3v) is 4.52. The summed E-state index contributed by atoms with van der Waals surface area (Å²) in [6.07, 6.45) is 1.56. The molecule has 0 heterocycles. The van der Waals surface area contributed by atoms with Crippen molar-refractivity contribution in [2.45, 2.75) is 0 Å². The quantitative estimate of drug-likeness (QED) is 0.638. The molecule has 0 atom stereocenters. The zero-order valence-electron chi connectivity index (χ0n) is 16.9. The lowest BCUT2D eigenvalue weighted by Gasteiger charge is -2.16. The first-order valence-corrected chi connectivity index (χ1v) is 9.40. The van der Waals surface area contributed by atoms with E-state index < -0.39 is 5.91 Å². The number of likely N-dealkylation sites (N-methyl/N-ethyl adjacent to an activating group) is 1. The fraction of sp³-hybridized carbons (Fsp3) is 0.238. The molecule has 7 nitrogen and oxygen atoms in total. The molecule has 0 aliphatic rings. The first-order chi connectivity index (χ1) is 13.8. The van der Waals surface area contributed by atoms with E-state index in [2.05, 4.69) is 21.2 Å². The Balaban J connectivity index is 2.47. The number of methoxy groups -OCH3 is 3. The van der Waals surface area contributed by atoms with Crippen molar-refractivity contribution in [2.75, 3.05) is 35.4 Å². The van der Waals surface area contributed by atoms with Gasteiger partial charge in [-0.15, -0.1) is 0 Å². The average molecular weight is 463 g/mol. The second kappa shape index (κ2) is 9.97. The monoisotopic (exact) mass is 462 g/mol. The minimum absolute atomic E-state index is 0.109. The van der Waals surface area contributed by atoms with Gasteiger partial charge in [0.2, 0.25) is 5.75 Å². The molecule has 0 aromatic heterocycles. The molecule has 2 aromatic rings. The Kier molecular flexibility index (Phi) is 7.67. The van der Waals surface area contributed by atoms with Gasteiger partial charge in [-0.1, -0.05) is 15.9 Å². The summed E-state index contributed by atoms with van der Waals surface area (Å²) in [5.74, 6) is 0.560. The van der Waals surface area contributed by atoms with Crippen molar-refractivity contribution in [1.29, 1.82) is 0 Å². The number of halogens is 1. The standard InChI is InChI=1S/C21H23BrN2O5/c1-24(2)21(26)16(23-20(25)14-6-8-15(22)9-7-14)10-13-11-17(27-3)19(29-5)18(12-13)28-4/h6-12H,1-5H3,(H,23,25). The van der Waals surface area contributed by atoms with Gasteiger partial charge in [0.25, 0.3) is 11.8 Å². The molecule has 2 amide bonds. The number of hydrogen-bond acceptors (Lipinski definition) is 5. The minimum Gasteiger partial charge on any atom is -0.493 e. The second-order valence-corrected chi connectivity index (χ2v) is 7.09. The predicted molar refractivity (Wildman–Crippen MR) is 114 cm³/mol. The first-order valence-electron chi connectivity index (χ1n) is 8.61. The summed E-state index contributed by atoms with van der Waals surface area (Å²) in [5.41, 5.74) is 1.13. The molecular formula is C21H23BrN2O5. The number of amides is 2. The van der Waals surface area contributed by atoms with Crippen LogP contribution in [0.2, 0.25) is 0 Å². The molecule has 0 saturated carbocycles. The maximum Gasteiger partial charge on any atom is 0.269 e. The van der Waals surface area contributed by atoms with Gasteiger partial charge < -0.3 is 24.4 Å². The topological polar surface area (TPSA) is 77.1 Å². The van der Waals surface area contributed by atoms with Gasteiger partial charge in [-0.3, -0.25) is 9.59 Å². The van der Waals surface area contributed by atoms with Crippen LogP contribution in [0.25, 0.3) is 6.08 Å². The second-order valence-electron chi connectivity index (χ2n) is 6.18. The molecule has 0 aliphatic carbocycles. The number of hydrogen-bond donors (Lipinski definition) is 1. The van der Waals surface area contributed by atoms with Crippen LogP contribution in [0, 0.1) is 0 Å². The summed E-state index contributed by atoms with van der Waals surface area (Å²) in [6, 6.07) is 10.2. The van der Waals surface area contributed by atoms with E-state index in [1.54, 1.807) is 56.6 Å². The van der Waals surface area contributed by atoms with E-state index in [4.69, 9.17) is 14.2 Å². The van der Waals surface area contributed by atoms with Crippen LogP contribution in [0.4, 0.5) is 0 Å². The lowest BCUT2D eigenvalue weighted by molar-refractivity contribution is -0.124. The fourth-order valence-electron chi connectivity index (χ4n) is 2.54. The van der Waals surface area contributed by atoms with Gasteiger partial charge in [-0.25, -0.2) is 0 Å². The largest absolute Gasteiger partial charge is 0.493 e. The molecule has 0 spiro atoms. The summed E-state index contributed by atoms with van der Waals surface area (Å²) in [7, 11) is 7.74. The van der Waals surface area contributed by atoms with E-state index in [1.807, 2.05) is 0 Å². The summed E-state index contributed by atoms with van der Waals surface area (Å²) in [6.45, 7) is 0. The third kappa shape index (κ3) is 5.51. The van der Waals surface area contributed by atoms with Crippen molar-refractivity contribution in [3.63, 3.8) is 0 Å². The van der Waals surface area contributed by atoms with Crippen molar-refractivity contribution in [3.05, 3.63) is 57.7 Å². The summed E-state index contributed by atoms with van der Waals surface area (Å²) in [5, 5.41) is 2.69. The molecule has 0 bridgehead atoms. The highest BCUT2D eigenvalue weighted by Crippen LogP contribution is 2.38. The first kappa shape index (κ1) is 22.3. The van der Waals surface area contributed by atoms with Crippen LogP contribution < -0.4 is 19.5 Å². The Hall–Kier alpha value is -3.00. The van der Waals surface area contributed by atoms with E-state index in [9.17, 15) is 9.59 Å². The van der Waals surface area contributed by atoms with Crippen LogP contribution in [0.1, 0.15) is 15.9 Å². The number of nitrogens with one attached hydrogen (secondary N) is 1. The molecule has 0 radical (unpaired) electrons. The fourth-order valence-corrected chi connectivity index (χ4v) is 2.80. The number of carbonyl (C=O) groups is 2. The molecule has 0 unspecified atom stereocenters. The van der Waals surface area contributed by atoms with Gasteiger partial charge in [0.1, 0.15) is 5.70 Å². The van der Waals surface area contributed by atoms with E-state index in [1.165, 1.54) is 26.2 Å². The Bertz CT molecular complexity index is 898. The molecule has 0 aliphatic heterocycles. The van der Waals surface area contributed by atoms with E-state index >= 15 is 0 Å². The Morgan fingerprint density at radius 2 is 1.52 bits per heavy atom. The average Bonchev–Trinajstić information content (AvgIpc) is 2.72. The Labute approximate surface area is 178 Å². The number of carbonyl (C=O) groups excluding carboxylic acids is 2. The van der Waals surface area contributed by atoms with Gasteiger partial charge in [0.15, 0.2) is 11.5 Å². The predicted octanol–water partition coefficient (Wildman–Crippen LogP) is 3.33. The van der Waals surface area contributed by atoms with E-state index in [0.717, 1.165) is 4.47 Å². The van der Waals surface area contributed by atoms with Gasteiger partial charge in [0, 0.05) is 24.1 Å². The number of rotatable bonds is 7. The zero-order chi connectivity index (χ0) is 21.6. The summed E-state index contributed by atoms with van der Waals surface area (Å²) < 4.78 is 16.9. The number of nitrogens with zero attached hydrogens (tertiary/aromatic N) is 1. The molecule has 2 aromatic carbocycles. The highest BCUT2D eigenvalue weighted by Gasteiger charge is 2.18. The van der Waals surface area contributed by atoms with Gasteiger partial charge in [-0.2, -0.15) is 0 Å². The molecule has 29 heavy (non-hydrogen) atoms. The van der Waals surface area contributed by atoms with E-state index in [-0.39, 0.29) is 11.6 Å². The SMILES string of the molecule is COc1cc(C=C(NC(=O)c2ccc(Br)cc2)C(=O)N(C)C)cc(OC)c1OC. The minimum atomic E-state index is -0.397. The highest BCUT2D eigenvalue weighted by atomic mass is 79.9. The molecule has 0 saturated heterocycles. The molecule has 0 fully saturated rings. The maximum absolute atomic E-state index is 12.6. The Morgan fingerprint density at radius 1 is 0.966 bits per heavy atom. The van der Waals surface area contributed by atoms with Crippen molar-refractivity contribution < 1.29 is 23.8 Å². The van der Waals surface area contributed by atoms with Gasteiger partial charge >= 0.3 is 0 Å². The summed E-state index contributed by atoms with van der Waals surface area (Å²) in [4.78, 5) is 26.7. The van der Waals surface area contributed by atoms with Crippen LogP contribution in [0.3, 0.4) is 0 Å². The lowest BCUT2D eigenvalue weighted by Crippen LogP contribution is -2.34. The normalized spacial score (nSPS) is 10.9. The number of ether oxygens (including phenoxy) is 3. The van der Waals surface area contributed by atoms with Crippen molar-refractivity contribution in [2.24, 2.45) is 0 Å². The van der Waals surface area contributed by atoms with Crippen molar-refractivity contribution >= 4 is 33.8 Å². The maximum atomic E-state index is 12.6. The lowest BCUT2D eigenvalue weighted by atomic mass is 10.1. The molecule has 1 N–H and O–H groups in total. The van der Waals surface area contributed by atoms with Crippen LogP contribution >= 0.6 is 15.9 Å². The van der Waals surface area contributed by atoms with Crippen molar-refractivity contribution in [3.8, 4) is 17.2 Å². The van der Waals surface area contributed by atoms with Crippen LogP contribution in [0.5, 0.6) is 17.2 Å². The van der Waals surface area contributed by atoms with Crippen LogP contribution in [-0.2, 0) is 4.79 Å². The number of benzene rings is 2. The van der Waals surface area contributed by atoms with Gasteiger partial charge in [-0.05, 0) is 48.0 Å². The summed E-state index contributed by atoms with van der Waals surface area (Å²) >= 11 is 3.33. The van der Waals surface area contributed by atoms with Gasteiger partial charge in [0.05, 0.1) is 21.3 Å². The Morgan fingerprint density at radius 3 is 1.97 bits per heavy atom. The zero-order valence-corrected chi connectivity index (χ0v) is 18.5. The molecule has 2 rings (SSSR count). The molecule has 8 heteroatoms. The third-order valence-electron chi connectivity index (χ3n) is 3.99. The highest BCUT2D eigenvalue weighted by molar-refractivity contribution is 9.10. The van der Waals surface area contributed by atoms with Crippen LogP contribution in [-0.4, -0.2) is 52.1 Å². The molecular weight excluding hydrogens is 440 g/mol. The molecule has 154 valence electrons. The van der Waals surface area contributed by atoms with Crippen molar-refractivity contribution in [1.82, 2.24) is 10.2 Å². The smallest absolute Gasteiger partial charge is 0.269 e.